The second-order valence-electron chi connectivity index (χ2n) is 3.41. The Labute approximate surface area is 95.2 Å². The number of nitrogens with two attached hydrogens (primary N) is 1. The first-order chi connectivity index (χ1) is 7.72. The number of nitrogens with zero attached hydrogens (tertiary/aromatic N) is 2. The van der Waals surface area contributed by atoms with E-state index in [-0.39, 0.29) is 12.4 Å². The van der Waals surface area contributed by atoms with Crippen LogP contribution in [-0.4, -0.2) is 31.8 Å². The minimum atomic E-state index is -0.355. The lowest BCUT2D eigenvalue weighted by atomic mass is 10.2. The molecule has 0 aliphatic rings. The Hall–Kier alpha value is -1.20. The molecule has 0 aliphatic carbocycles. The van der Waals surface area contributed by atoms with E-state index in [1.807, 2.05) is 11.8 Å². The molecule has 5 heteroatoms. The number of hydrogen-bond acceptors (Lipinski definition) is 4. The summed E-state index contributed by atoms with van der Waals surface area (Å²) in [7, 11) is 1.65. The number of rotatable bonds is 6. The average molecular weight is 227 g/mol. The van der Waals surface area contributed by atoms with Gasteiger partial charge in [-0.05, 0) is 13.0 Å². The molecule has 0 bridgehead atoms. The minimum absolute atomic E-state index is 0.281. The number of hydrogen-bond donors (Lipinski definition) is 1. The van der Waals surface area contributed by atoms with Crippen LogP contribution in [-0.2, 0) is 11.3 Å². The van der Waals surface area contributed by atoms with Gasteiger partial charge in [0.05, 0.1) is 12.8 Å². The molecule has 0 unspecified atom stereocenters. The zero-order chi connectivity index (χ0) is 12.0. The average Bonchev–Trinajstić information content (AvgIpc) is 2.31. The summed E-state index contributed by atoms with van der Waals surface area (Å²) in [6.07, 6.45) is 1.21. The molecule has 0 amide bonds. The summed E-state index contributed by atoms with van der Waals surface area (Å²) in [4.78, 5) is 6.11. The number of pyridine rings is 1. The van der Waals surface area contributed by atoms with E-state index >= 15 is 0 Å². The van der Waals surface area contributed by atoms with E-state index in [1.165, 1.54) is 12.3 Å². The summed E-state index contributed by atoms with van der Waals surface area (Å²) in [6.45, 7) is 4.41. The van der Waals surface area contributed by atoms with E-state index in [2.05, 4.69) is 4.98 Å². The molecule has 1 aromatic heterocycles. The van der Waals surface area contributed by atoms with E-state index in [0.717, 1.165) is 24.5 Å². The van der Waals surface area contributed by atoms with Crippen molar-refractivity contribution in [2.75, 3.05) is 31.7 Å². The summed E-state index contributed by atoms with van der Waals surface area (Å²) in [6, 6.07) is 1.43. The fourth-order valence-corrected chi connectivity index (χ4v) is 1.52. The van der Waals surface area contributed by atoms with Crippen LogP contribution in [0.4, 0.5) is 10.2 Å². The molecular weight excluding hydrogens is 209 g/mol. The zero-order valence-corrected chi connectivity index (χ0v) is 9.74. The molecule has 1 rings (SSSR count). The van der Waals surface area contributed by atoms with Crippen molar-refractivity contribution in [1.29, 1.82) is 0 Å². The third-order valence-corrected chi connectivity index (χ3v) is 2.38. The van der Waals surface area contributed by atoms with Gasteiger partial charge in [0.2, 0.25) is 0 Å². The van der Waals surface area contributed by atoms with Gasteiger partial charge in [0.25, 0.3) is 0 Å². The highest BCUT2D eigenvalue weighted by molar-refractivity contribution is 5.46. The smallest absolute Gasteiger partial charge is 0.141 e. The van der Waals surface area contributed by atoms with Crippen LogP contribution >= 0.6 is 0 Å². The lowest BCUT2D eigenvalue weighted by molar-refractivity contribution is 0.205. The Bertz CT molecular complexity index is 333. The lowest BCUT2D eigenvalue weighted by Crippen LogP contribution is -2.29. The Morgan fingerprint density at radius 3 is 2.88 bits per heavy atom. The van der Waals surface area contributed by atoms with Gasteiger partial charge < -0.3 is 15.4 Å². The molecule has 0 saturated carbocycles. The van der Waals surface area contributed by atoms with Crippen molar-refractivity contribution in [2.45, 2.75) is 13.5 Å². The molecule has 1 heterocycles. The SMILES string of the molecule is CCN(CCOC)c1ncc(F)cc1CN. The molecular formula is C11H18FN3O. The highest BCUT2D eigenvalue weighted by Gasteiger charge is 2.11. The number of aromatic nitrogens is 1. The van der Waals surface area contributed by atoms with Gasteiger partial charge in [-0.15, -0.1) is 0 Å². The second kappa shape index (κ2) is 6.40. The number of likely N-dealkylation sites (N-methyl/N-ethyl adjacent to an activating group) is 1. The molecule has 0 spiro atoms. The van der Waals surface area contributed by atoms with Gasteiger partial charge in [-0.1, -0.05) is 0 Å². The zero-order valence-electron chi connectivity index (χ0n) is 9.74. The van der Waals surface area contributed by atoms with E-state index in [0.29, 0.717) is 6.61 Å². The molecule has 0 aromatic carbocycles. The molecule has 1 aromatic rings. The Morgan fingerprint density at radius 2 is 2.31 bits per heavy atom. The fourth-order valence-electron chi connectivity index (χ4n) is 1.52. The van der Waals surface area contributed by atoms with Crippen LogP contribution < -0.4 is 10.6 Å². The summed E-state index contributed by atoms with van der Waals surface area (Å²) in [5.41, 5.74) is 6.30. The van der Waals surface area contributed by atoms with E-state index in [4.69, 9.17) is 10.5 Å². The molecule has 0 radical (unpaired) electrons. The number of halogens is 1. The van der Waals surface area contributed by atoms with E-state index in [9.17, 15) is 4.39 Å². The van der Waals surface area contributed by atoms with Gasteiger partial charge in [0, 0.05) is 32.3 Å². The van der Waals surface area contributed by atoms with Gasteiger partial charge in [0.15, 0.2) is 0 Å². The van der Waals surface area contributed by atoms with Gasteiger partial charge in [0.1, 0.15) is 11.6 Å². The maximum Gasteiger partial charge on any atom is 0.141 e. The van der Waals surface area contributed by atoms with Crippen LogP contribution in [0.25, 0.3) is 0 Å². The second-order valence-corrected chi connectivity index (χ2v) is 3.41. The van der Waals surface area contributed by atoms with Crippen molar-refractivity contribution in [3.63, 3.8) is 0 Å². The van der Waals surface area contributed by atoms with Crippen LogP contribution in [0.5, 0.6) is 0 Å². The molecule has 16 heavy (non-hydrogen) atoms. The highest BCUT2D eigenvalue weighted by atomic mass is 19.1. The number of methoxy groups -OCH3 is 1. The molecule has 0 fully saturated rings. The van der Waals surface area contributed by atoms with Crippen molar-refractivity contribution in [3.05, 3.63) is 23.6 Å². The number of ether oxygens (including phenoxy) is 1. The Morgan fingerprint density at radius 1 is 1.56 bits per heavy atom. The molecule has 0 atom stereocenters. The van der Waals surface area contributed by atoms with Crippen molar-refractivity contribution < 1.29 is 9.13 Å². The Balaban J connectivity index is 2.90. The summed E-state index contributed by atoms with van der Waals surface area (Å²) in [5, 5.41) is 0. The van der Waals surface area contributed by atoms with Gasteiger partial charge in [-0.2, -0.15) is 0 Å². The molecule has 0 saturated heterocycles. The molecule has 0 aliphatic heterocycles. The summed E-state index contributed by atoms with van der Waals surface area (Å²) >= 11 is 0. The molecule has 90 valence electrons. The van der Waals surface area contributed by atoms with Crippen molar-refractivity contribution >= 4 is 5.82 Å². The van der Waals surface area contributed by atoms with Crippen molar-refractivity contribution in [1.82, 2.24) is 4.98 Å². The maximum atomic E-state index is 13.0. The Kier molecular flexibility index (Phi) is 5.14. The van der Waals surface area contributed by atoms with Crippen LogP contribution in [0.1, 0.15) is 12.5 Å². The topological polar surface area (TPSA) is 51.4 Å². The van der Waals surface area contributed by atoms with Crippen molar-refractivity contribution in [2.24, 2.45) is 5.73 Å². The standard InChI is InChI=1S/C11H18FN3O/c1-3-15(4-5-16-2)11-9(7-13)6-10(12)8-14-11/h6,8H,3-5,7,13H2,1-2H3. The van der Waals surface area contributed by atoms with Gasteiger partial charge in [-0.3, -0.25) is 0 Å². The normalized spacial score (nSPS) is 10.5. The van der Waals surface area contributed by atoms with E-state index in [1.54, 1.807) is 7.11 Å². The van der Waals surface area contributed by atoms with Crippen LogP contribution in [0.15, 0.2) is 12.3 Å². The maximum absolute atomic E-state index is 13.0. The quantitative estimate of drug-likeness (QED) is 0.792. The van der Waals surface area contributed by atoms with Crippen LogP contribution in [0, 0.1) is 5.82 Å². The van der Waals surface area contributed by atoms with Crippen LogP contribution in [0.3, 0.4) is 0 Å². The van der Waals surface area contributed by atoms with Crippen molar-refractivity contribution in [3.8, 4) is 0 Å². The van der Waals surface area contributed by atoms with Gasteiger partial charge in [-0.25, -0.2) is 9.37 Å². The highest BCUT2D eigenvalue weighted by Crippen LogP contribution is 2.17. The van der Waals surface area contributed by atoms with Crippen LogP contribution in [0.2, 0.25) is 0 Å². The first-order valence-electron chi connectivity index (χ1n) is 5.31. The first kappa shape index (κ1) is 12.9. The largest absolute Gasteiger partial charge is 0.383 e. The predicted molar refractivity (Wildman–Crippen MR) is 61.8 cm³/mol. The fraction of sp³-hybridized carbons (Fsp3) is 0.545. The number of anilines is 1. The lowest BCUT2D eigenvalue weighted by Gasteiger charge is -2.23. The summed E-state index contributed by atoms with van der Waals surface area (Å²) in [5.74, 6) is 0.385. The minimum Gasteiger partial charge on any atom is -0.383 e. The monoisotopic (exact) mass is 227 g/mol. The molecule has 4 nitrogen and oxygen atoms in total. The van der Waals surface area contributed by atoms with Gasteiger partial charge >= 0.3 is 0 Å². The third-order valence-electron chi connectivity index (χ3n) is 2.38. The summed E-state index contributed by atoms with van der Waals surface area (Å²) < 4.78 is 18.0. The molecule has 2 N–H and O–H groups in total. The predicted octanol–water partition coefficient (Wildman–Crippen LogP) is 1.15. The third kappa shape index (κ3) is 3.15. The van der Waals surface area contributed by atoms with E-state index < -0.39 is 0 Å². The first-order valence-corrected chi connectivity index (χ1v) is 5.31.